The fourth-order valence-corrected chi connectivity index (χ4v) is 3.17. The molecule has 4 N–H and O–H groups in total. The van der Waals surface area contributed by atoms with Crippen molar-refractivity contribution in [3.8, 4) is 6.07 Å². The van der Waals surface area contributed by atoms with E-state index < -0.39 is 0 Å². The molecule has 26 heavy (non-hydrogen) atoms. The lowest BCUT2D eigenvalue weighted by Gasteiger charge is -2.35. The minimum atomic E-state index is 0.374. The van der Waals surface area contributed by atoms with Crippen molar-refractivity contribution < 1.29 is 0 Å². The molecule has 0 unspecified atom stereocenters. The summed E-state index contributed by atoms with van der Waals surface area (Å²) in [5.41, 5.74) is 8.65. The Morgan fingerprint density at radius 2 is 2.19 bits per heavy atom. The molecule has 0 aliphatic carbocycles. The number of hydrogen-bond acceptors (Lipinski definition) is 7. The Kier molecular flexibility index (Phi) is 5.54. The maximum absolute atomic E-state index is 9.13. The lowest BCUT2D eigenvalue weighted by atomic mass is 10.2. The smallest absolute Gasteiger partial charge is 0.229 e. The van der Waals surface area contributed by atoms with E-state index >= 15 is 0 Å². The van der Waals surface area contributed by atoms with Crippen LogP contribution in [0, 0.1) is 11.3 Å². The fourth-order valence-electron chi connectivity index (χ4n) is 3.17. The molecular formula is C19H25N7. The Bertz CT molecular complexity index is 812. The van der Waals surface area contributed by atoms with Crippen molar-refractivity contribution in [3.05, 3.63) is 35.5 Å². The van der Waals surface area contributed by atoms with Gasteiger partial charge in [0.25, 0.3) is 0 Å². The van der Waals surface area contributed by atoms with Gasteiger partial charge in [-0.1, -0.05) is 13.3 Å². The van der Waals surface area contributed by atoms with Crippen molar-refractivity contribution in [1.82, 2.24) is 15.3 Å². The third-order valence-electron chi connectivity index (χ3n) is 4.41. The summed E-state index contributed by atoms with van der Waals surface area (Å²) in [6, 6.07) is 9.75. The SMILES string of the molecule is CCCc1cc(N2CCNC[C@H]2C)nc(Nc2cc(N)cc(C#N)c2)n1. The topological polar surface area (TPSA) is 103 Å². The highest BCUT2D eigenvalue weighted by atomic mass is 15.3. The largest absolute Gasteiger partial charge is 0.399 e. The highest BCUT2D eigenvalue weighted by Crippen LogP contribution is 2.23. The number of rotatable bonds is 5. The molecule has 1 aromatic carbocycles. The molecule has 2 heterocycles. The average molecular weight is 351 g/mol. The van der Waals surface area contributed by atoms with E-state index in [-0.39, 0.29) is 0 Å². The molecule has 2 aromatic rings. The van der Waals surface area contributed by atoms with E-state index in [0.717, 1.165) is 49.7 Å². The van der Waals surface area contributed by atoms with Crippen LogP contribution in [-0.2, 0) is 6.42 Å². The zero-order valence-corrected chi connectivity index (χ0v) is 15.3. The molecule has 3 rings (SSSR count). The third-order valence-corrected chi connectivity index (χ3v) is 4.41. The van der Waals surface area contributed by atoms with Gasteiger partial charge in [0.1, 0.15) is 5.82 Å². The van der Waals surface area contributed by atoms with Crippen molar-refractivity contribution in [3.63, 3.8) is 0 Å². The number of hydrogen-bond donors (Lipinski definition) is 3. The highest BCUT2D eigenvalue weighted by molar-refractivity contribution is 5.64. The van der Waals surface area contributed by atoms with Crippen LogP contribution >= 0.6 is 0 Å². The zero-order chi connectivity index (χ0) is 18.5. The van der Waals surface area contributed by atoms with Crippen molar-refractivity contribution in [2.75, 3.05) is 35.6 Å². The lowest BCUT2D eigenvalue weighted by Crippen LogP contribution is -2.50. The number of nitriles is 1. The molecule has 7 nitrogen and oxygen atoms in total. The lowest BCUT2D eigenvalue weighted by molar-refractivity contribution is 0.497. The predicted molar refractivity (Wildman–Crippen MR) is 105 cm³/mol. The molecule has 1 atom stereocenters. The predicted octanol–water partition coefficient (Wildman–Crippen LogP) is 2.42. The van der Waals surface area contributed by atoms with Crippen LogP contribution in [0.4, 0.5) is 23.1 Å². The Hall–Kier alpha value is -2.85. The zero-order valence-electron chi connectivity index (χ0n) is 15.3. The Balaban J connectivity index is 1.93. The monoisotopic (exact) mass is 351 g/mol. The van der Waals surface area contributed by atoms with E-state index in [4.69, 9.17) is 16.0 Å². The van der Waals surface area contributed by atoms with Crippen LogP contribution in [0.25, 0.3) is 0 Å². The second kappa shape index (κ2) is 8.02. The summed E-state index contributed by atoms with van der Waals surface area (Å²) in [5, 5.41) is 15.8. The average Bonchev–Trinajstić information content (AvgIpc) is 2.61. The quantitative estimate of drug-likeness (QED) is 0.711. The van der Waals surface area contributed by atoms with Crippen LogP contribution in [0.3, 0.4) is 0 Å². The van der Waals surface area contributed by atoms with E-state index in [9.17, 15) is 0 Å². The first kappa shape index (κ1) is 18.0. The molecule has 0 amide bonds. The van der Waals surface area contributed by atoms with Crippen LogP contribution in [-0.4, -0.2) is 35.6 Å². The number of anilines is 4. The van der Waals surface area contributed by atoms with Crippen LogP contribution in [0.1, 0.15) is 31.5 Å². The molecule has 1 aliphatic rings. The Labute approximate surface area is 154 Å². The normalized spacial score (nSPS) is 17.0. The summed E-state index contributed by atoms with van der Waals surface area (Å²) in [4.78, 5) is 11.7. The Morgan fingerprint density at radius 3 is 2.92 bits per heavy atom. The van der Waals surface area contributed by atoms with Crippen molar-refractivity contribution in [2.24, 2.45) is 0 Å². The molecule has 1 aliphatic heterocycles. The third kappa shape index (κ3) is 4.21. The number of nitrogens with two attached hydrogens (primary N) is 1. The number of aromatic nitrogens is 2. The minimum Gasteiger partial charge on any atom is -0.399 e. The molecule has 136 valence electrons. The number of benzene rings is 1. The molecular weight excluding hydrogens is 326 g/mol. The summed E-state index contributed by atoms with van der Waals surface area (Å²) in [6.45, 7) is 7.13. The number of piperazine rings is 1. The van der Waals surface area contributed by atoms with Crippen molar-refractivity contribution in [2.45, 2.75) is 32.7 Å². The molecule has 0 spiro atoms. The van der Waals surface area contributed by atoms with Crippen LogP contribution in [0.2, 0.25) is 0 Å². The van der Waals surface area contributed by atoms with Crippen molar-refractivity contribution >= 4 is 23.1 Å². The first-order chi connectivity index (χ1) is 12.6. The standard InChI is InChI=1S/C19H25N7/c1-3-4-16-10-18(26-6-5-22-12-13(26)2)25-19(23-16)24-17-8-14(11-20)7-15(21)9-17/h7-10,13,22H,3-6,12,21H2,1-2H3,(H,23,24,25)/t13-/m1/s1. The van der Waals surface area contributed by atoms with E-state index in [1.165, 1.54) is 0 Å². The number of aryl methyl sites for hydroxylation is 1. The van der Waals surface area contributed by atoms with E-state index in [1.54, 1.807) is 18.2 Å². The van der Waals surface area contributed by atoms with Gasteiger partial charge in [-0.3, -0.25) is 0 Å². The van der Waals surface area contributed by atoms with Gasteiger partial charge >= 0.3 is 0 Å². The van der Waals surface area contributed by atoms with E-state index in [0.29, 0.717) is 23.2 Å². The summed E-state index contributed by atoms with van der Waals surface area (Å²) >= 11 is 0. The molecule has 0 saturated carbocycles. The number of nitrogen functional groups attached to an aromatic ring is 1. The van der Waals surface area contributed by atoms with Gasteiger partial charge in [0.05, 0.1) is 11.6 Å². The van der Waals surface area contributed by atoms with E-state index in [1.807, 2.05) is 0 Å². The first-order valence-electron chi connectivity index (χ1n) is 9.02. The number of nitrogens with zero attached hydrogens (tertiary/aromatic N) is 4. The summed E-state index contributed by atoms with van der Waals surface area (Å²) in [5.74, 6) is 1.47. The summed E-state index contributed by atoms with van der Waals surface area (Å²) in [7, 11) is 0. The van der Waals surface area contributed by atoms with Gasteiger partial charge in [-0.15, -0.1) is 0 Å². The van der Waals surface area contributed by atoms with Gasteiger partial charge in [0.15, 0.2) is 0 Å². The van der Waals surface area contributed by atoms with Gasteiger partial charge in [0.2, 0.25) is 5.95 Å². The molecule has 7 heteroatoms. The summed E-state index contributed by atoms with van der Waals surface area (Å²) in [6.07, 6.45) is 1.91. The Morgan fingerprint density at radius 1 is 1.35 bits per heavy atom. The van der Waals surface area contributed by atoms with Crippen LogP contribution in [0.15, 0.2) is 24.3 Å². The second-order valence-electron chi connectivity index (χ2n) is 6.62. The molecule has 1 aromatic heterocycles. The maximum Gasteiger partial charge on any atom is 0.229 e. The molecule has 1 fully saturated rings. The van der Waals surface area contributed by atoms with Gasteiger partial charge in [-0.25, -0.2) is 4.98 Å². The van der Waals surface area contributed by atoms with Gasteiger partial charge in [0, 0.05) is 48.8 Å². The second-order valence-corrected chi connectivity index (χ2v) is 6.62. The fraction of sp³-hybridized carbons (Fsp3) is 0.421. The maximum atomic E-state index is 9.13. The molecule has 0 radical (unpaired) electrons. The highest BCUT2D eigenvalue weighted by Gasteiger charge is 2.20. The molecule has 0 bridgehead atoms. The van der Waals surface area contributed by atoms with Gasteiger partial charge in [-0.05, 0) is 31.5 Å². The number of nitrogens with one attached hydrogen (secondary N) is 2. The minimum absolute atomic E-state index is 0.374. The van der Waals surface area contributed by atoms with Crippen LogP contribution < -0.4 is 21.3 Å². The van der Waals surface area contributed by atoms with Gasteiger partial charge in [-0.2, -0.15) is 10.2 Å². The van der Waals surface area contributed by atoms with Gasteiger partial charge < -0.3 is 21.3 Å². The molecule has 1 saturated heterocycles. The first-order valence-corrected chi connectivity index (χ1v) is 9.02. The van der Waals surface area contributed by atoms with Crippen molar-refractivity contribution in [1.29, 1.82) is 5.26 Å². The summed E-state index contributed by atoms with van der Waals surface area (Å²) < 4.78 is 0. The van der Waals surface area contributed by atoms with Crippen LogP contribution in [0.5, 0.6) is 0 Å². The van der Waals surface area contributed by atoms with E-state index in [2.05, 4.69) is 46.5 Å².